The number of aliphatic hydroxyl groups is 13. The number of nitrogens with one attached hydrogen (secondary N) is 11. The number of carbonyl (C=O) groups excluding carboxylic acids is 7. The molecule has 0 radical (unpaired) electrons. The first kappa shape index (κ1) is 76.4. The van der Waals surface area contributed by atoms with E-state index in [1.54, 1.807) is 32.0 Å². The van der Waals surface area contributed by atoms with E-state index in [1.807, 2.05) is 0 Å². The minimum atomic E-state index is -2.38. The zero-order chi connectivity index (χ0) is 71.7. The highest BCUT2D eigenvalue weighted by molar-refractivity contribution is 6.31. The molecule has 0 aliphatic carbocycles. The van der Waals surface area contributed by atoms with Gasteiger partial charge in [0.05, 0.1) is 45.1 Å². The lowest BCUT2D eigenvalue weighted by Gasteiger charge is -2.46. The van der Waals surface area contributed by atoms with Gasteiger partial charge in [0.1, 0.15) is 115 Å². The second-order valence-electron chi connectivity index (χ2n) is 24.8. The van der Waals surface area contributed by atoms with Crippen LogP contribution in [0.5, 0.6) is 5.75 Å². The van der Waals surface area contributed by atoms with Crippen LogP contribution in [0.1, 0.15) is 44.2 Å². The van der Waals surface area contributed by atoms with Crippen LogP contribution in [-0.4, -0.2) is 317 Å². The van der Waals surface area contributed by atoms with Gasteiger partial charge in [-0.3, -0.25) is 44.4 Å². The van der Waals surface area contributed by atoms with Crippen LogP contribution in [0, 0.1) is 16.7 Å². The molecule has 8 rings (SSSR count). The second-order valence-corrected chi connectivity index (χ2v) is 25.2. The number of ether oxygens (including phenoxy) is 6. The fourth-order valence-electron chi connectivity index (χ4n) is 12.0. The molecule has 0 aromatic heterocycles. The average Bonchev–Trinajstić information content (AvgIpc) is 1.54. The van der Waals surface area contributed by atoms with Crippen molar-refractivity contribution < 1.29 is 128 Å². The van der Waals surface area contributed by atoms with E-state index in [9.17, 15) is 90.4 Å². The number of benzene rings is 2. The summed E-state index contributed by atoms with van der Waals surface area (Å²) in [5.74, 6) is -10.7. The molecule has 544 valence electrons. The molecule has 6 saturated heterocycles. The summed E-state index contributed by atoms with van der Waals surface area (Å²) in [5, 5.41) is 182. The van der Waals surface area contributed by atoms with Crippen LogP contribution in [0.15, 0.2) is 48.5 Å². The van der Waals surface area contributed by atoms with E-state index in [-0.39, 0.29) is 41.2 Å². The van der Waals surface area contributed by atoms with Gasteiger partial charge in [0.25, 0.3) is 0 Å². The van der Waals surface area contributed by atoms with Crippen molar-refractivity contribution in [2.75, 3.05) is 46.1 Å². The van der Waals surface area contributed by atoms with E-state index in [1.165, 1.54) is 37.3 Å². The molecule has 24 N–H and O–H groups in total. The number of carbonyl (C=O) groups is 7. The van der Waals surface area contributed by atoms with Gasteiger partial charge in [-0.2, -0.15) is 0 Å². The van der Waals surface area contributed by atoms with Crippen molar-refractivity contribution in [1.82, 2.24) is 52.8 Å². The number of aliphatic hydroxyl groups excluding tert-OH is 13. The molecule has 25 unspecified atom stereocenters. The van der Waals surface area contributed by atoms with Crippen LogP contribution in [0.2, 0.25) is 5.02 Å². The van der Waals surface area contributed by atoms with Gasteiger partial charge in [-0.05, 0) is 35.2 Å². The summed E-state index contributed by atoms with van der Waals surface area (Å²) in [6, 6.07) is -1.66. The normalized spacial score (nSPS) is 35.7. The monoisotopic (exact) mass is 1410 g/mol. The summed E-state index contributed by atoms with van der Waals surface area (Å²) < 4.78 is 34.1. The predicted molar refractivity (Wildman–Crippen MR) is 330 cm³/mol. The number of hydrogen-bond donors (Lipinski definition) is 24. The van der Waals surface area contributed by atoms with E-state index in [0.29, 0.717) is 5.56 Å². The molecule has 98 heavy (non-hydrogen) atoms. The highest BCUT2D eigenvalue weighted by Crippen LogP contribution is 2.34. The van der Waals surface area contributed by atoms with Crippen molar-refractivity contribution in [2.24, 2.45) is 5.92 Å². The topological polar surface area (TPSA) is 597 Å². The Morgan fingerprint density at radius 2 is 1.21 bits per heavy atom. The van der Waals surface area contributed by atoms with Crippen LogP contribution >= 0.6 is 11.6 Å². The van der Waals surface area contributed by atoms with Gasteiger partial charge in [0, 0.05) is 36.9 Å². The summed E-state index contributed by atoms with van der Waals surface area (Å²) in [4.78, 5) is 101. The Morgan fingerprint density at radius 3 is 1.85 bits per heavy atom. The van der Waals surface area contributed by atoms with E-state index in [4.69, 9.17) is 50.8 Å². The molecule has 6 aliphatic heterocycles. The first-order valence-electron chi connectivity index (χ1n) is 31.4. The lowest BCUT2D eigenvalue weighted by atomic mass is 9.91. The lowest BCUT2D eigenvalue weighted by molar-refractivity contribution is -0.353. The summed E-state index contributed by atoms with van der Waals surface area (Å²) in [6.45, 7) is -0.667. The van der Waals surface area contributed by atoms with Crippen molar-refractivity contribution >= 4 is 64.9 Å². The van der Waals surface area contributed by atoms with Crippen LogP contribution in [0.4, 0.5) is 0 Å². The smallest absolute Gasteiger partial charge is 0.306 e. The lowest BCUT2D eigenvalue weighted by Crippen LogP contribution is -2.69. The first-order chi connectivity index (χ1) is 46.5. The van der Waals surface area contributed by atoms with Crippen LogP contribution in [0.25, 0.3) is 0 Å². The number of nitrogens with zero attached hydrogens (tertiary/aromatic N) is 1. The summed E-state index contributed by atoms with van der Waals surface area (Å²) >= 11 is 6.60. The Morgan fingerprint density at radius 1 is 0.602 bits per heavy atom. The second kappa shape index (κ2) is 33.7. The molecule has 2 aromatic carbocycles. The third kappa shape index (κ3) is 17.6. The predicted octanol–water partition coefficient (Wildman–Crippen LogP) is -10.9. The molecule has 2 aromatic rings. The van der Waals surface area contributed by atoms with Crippen molar-refractivity contribution in [3.8, 4) is 5.75 Å². The third-order valence-corrected chi connectivity index (χ3v) is 17.8. The van der Waals surface area contributed by atoms with Crippen LogP contribution in [-0.2, 0) is 63.7 Å². The first-order valence-corrected chi connectivity index (χ1v) is 31.7. The Bertz CT molecular complexity index is 3150. The van der Waals surface area contributed by atoms with Crippen LogP contribution < -0.4 is 52.6 Å². The molecule has 6 amide bonds. The minimum Gasteiger partial charge on any atom is -0.462 e. The van der Waals surface area contributed by atoms with Gasteiger partial charge < -0.3 is 148 Å². The largest absolute Gasteiger partial charge is 0.462 e. The van der Waals surface area contributed by atoms with E-state index >= 15 is 9.59 Å². The molecule has 6 fully saturated rings. The fraction of sp³-hybridized carbons (Fsp3) is 0.644. The van der Waals surface area contributed by atoms with E-state index < -0.39 is 246 Å². The maximum Gasteiger partial charge on any atom is 0.306 e. The Labute approximate surface area is 563 Å². The van der Waals surface area contributed by atoms with Gasteiger partial charge in [0.2, 0.25) is 41.7 Å². The summed E-state index contributed by atoms with van der Waals surface area (Å²) in [5.41, 5.74) is 0.480. The Hall–Kier alpha value is -7.32. The summed E-state index contributed by atoms with van der Waals surface area (Å²) in [7, 11) is 0. The zero-order valence-electron chi connectivity index (χ0n) is 52.9. The van der Waals surface area contributed by atoms with Crippen molar-refractivity contribution in [2.45, 2.75) is 186 Å². The molecular weight excluding hydrogens is 1330 g/mol. The zero-order valence-corrected chi connectivity index (χ0v) is 53.7. The molecule has 6 heterocycles. The molecule has 6 aliphatic rings. The van der Waals surface area contributed by atoms with Crippen molar-refractivity contribution in [1.29, 1.82) is 10.8 Å². The highest BCUT2D eigenvalue weighted by atomic mass is 35.5. The molecule has 25 atom stereocenters. The summed E-state index contributed by atoms with van der Waals surface area (Å²) in [6.07, 6.45) is -32.2. The van der Waals surface area contributed by atoms with Gasteiger partial charge in [0.15, 0.2) is 30.5 Å². The minimum absolute atomic E-state index is 0.102. The quantitative estimate of drug-likeness (QED) is 0.0547. The van der Waals surface area contributed by atoms with E-state index in [0.717, 1.165) is 4.90 Å². The van der Waals surface area contributed by atoms with Gasteiger partial charge in [-0.15, -0.1) is 0 Å². The SMILES string of the molecule is CC(C)CC(=O)OC1C(O)C(CO)OC(OC2C(CO)OC(Oc3ccc(CC4NC(=O)C(C(C)c5ccccc5Cl)NC(=O)CNC(=O)C(CO)NC(=O)C(C(O)C5CNC(=N)N5C5OC(CO)C(O)C(O)C5O)NC(=O)C(C(O)C5CNC(=N)N5)NC4=O)cc3)C(O)C2O)C1O. The molecule has 0 saturated carbocycles. The van der Waals surface area contributed by atoms with Gasteiger partial charge >= 0.3 is 5.97 Å². The average molecular weight is 1410 g/mol. The third-order valence-electron chi connectivity index (χ3n) is 17.5. The van der Waals surface area contributed by atoms with Crippen LogP contribution in [0.3, 0.4) is 0 Å². The molecule has 0 spiro atoms. The van der Waals surface area contributed by atoms with Crippen molar-refractivity contribution in [3.63, 3.8) is 0 Å². The highest BCUT2D eigenvalue weighted by Gasteiger charge is 2.55. The number of halogens is 1. The Kier molecular flexibility index (Phi) is 26.3. The maximum absolute atomic E-state index is 15.2. The van der Waals surface area contributed by atoms with Crippen molar-refractivity contribution in [3.05, 3.63) is 64.7 Å². The molecule has 39 heteroatoms. The molecule has 0 bridgehead atoms. The maximum atomic E-state index is 15.2. The fourth-order valence-corrected chi connectivity index (χ4v) is 12.3. The number of guanidine groups is 2. The number of amides is 6. The van der Waals surface area contributed by atoms with E-state index in [2.05, 4.69) is 47.9 Å². The molecule has 38 nitrogen and oxygen atoms in total. The number of hydrogen-bond acceptors (Lipinski definition) is 28. The number of esters is 1. The number of rotatable bonds is 20. The van der Waals surface area contributed by atoms with Gasteiger partial charge in [-0.1, -0.05) is 62.7 Å². The van der Waals surface area contributed by atoms with Gasteiger partial charge in [-0.25, -0.2) is 0 Å². The standard InChI is InChI=1S/C59H85ClN12O26/c1-21(2)12-35(78)97-49-42(82)32(19-75)95-57(47(49)87)98-48-33(20-76)96-56(46(86)44(48)84)93-24-10-8-23(9-11-24)13-27-51(89)70-37(39(79)28-14-64-58(61)68-28)54(92)71-38(40(80)30-15-65-59(62)72(30)55-45(85)43(83)41(81)31(18-74)94-55)53(91)67-29(17-73)50(88)63-16-34(77)69-36(52(90)66-27)22(3)25-6-4-5-7-26(25)60/h4-11,21-22,27-33,36-49,55-57,73-76,79-87H,12-20H2,1-3H3,(H2,62,65)(H,63,88)(H,66,90)(H,67,91)(H,69,77)(H,70,89)(H,71,92)(H3,61,64,68). The molecular formula is C59H85ClN12O26. The Balaban J connectivity index is 1.10.